The summed E-state index contributed by atoms with van der Waals surface area (Å²) in [7, 11) is -0.848. The molecule has 0 aliphatic heterocycles. The van der Waals surface area contributed by atoms with Gasteiger partial charge in [0.15, 0.2) is 0 Å². The Hall–Kier alpha value is -1.41. The van der Waals surface area contributed by atoms with Crippen LogP contribution in [0.5, 0.6) is 0 Å². The first-order valence-electron chi connectivity index (χ1n) is 6.74. The molecule has 2 aromatic rings. The van der Waals surface area contributed by atoms with Gasteiger partial charge < -0.3 is 0 Å². The Labute approximate surface area is 117 Å². The van der Waals surface area contributed by atoms with Crippen molar-refractivity contribution in [2.24, 2.45) is 5.92 Å². The molecule has 0 unspecified atom stereocenters. The number of hydrogen-bond acceptors (Lipinski definition) is 1. The summed E-state index contributed by atoms with van der Waals surface area (Å²) in [4.78, 5) is 0. The summed E-state index contributed by atoms with van der Waals surface area (Å²) < 4.78 is 12.7. The number of benzene rings is 2. The highest BCUT2D eigenvalue weighted by molar-refractivity contribution is 7.85. The van der Waals surface area contributed by atoms with Gasteiger partial charge in [0.1, 0.15) is 0 Å². The lowest BCUT2D eigenvalue weighted by Crippen LogP contribution is -2.12. The fourth-order valence-electron chi connectivity index (χ4n) is 2.82. The van der Waals surface area contributed by atoms with E-state index in [1.807, 2.05) is 12.1 Å². The molecule has 0 amide bonds. The van der Waals surface area contributed by atoms with Gasteiger partial charge in [-0.1, -0.05) is 62.4 Å². The van der Waals surface area contributed by atoms with Crippen molar-refractivity contribution in [2.75, 3.05) is 5.75 Å². The van der Waals surface area contributed by atoms with Crippen LogP contribution < -0.4 is 0 Å². The van der Waals surface area contributed by atoms with Crippen LogP contribution in [0.3, 0.4) is 0 Å². The molecular weight excluding hydrogens is 252 g/mol. The SMILES string of the molecule is CC(C)C[S@](=O)C1c2ccccc2-c2ccccc21. The standard InChI is InChI=1S/C17H18OS/c1-12(2)11-19(18)17-15-9-5-3-7-13(15)14-8-4-6-10-16(14)17/h3-10,12,17H,11H2,1-2H3/t19-/m0/s1. The van der Waals surface area contributed by atoms with Crippen molar-refractivity contribution in [3.63, 3.8) is 0 Å². The van der Waals surface area contributed by atoms with E-state index in [4.69, 9.17) is 0 Å². The quantitative estimate of drug-likeness (QED) is 0.818. The number of fused-ring (bicyclic) bond motifs is 3. The van der Waals surface area contributed by atoms with Crippen LogP contribution in [0.25, 0.3) is 11.1 Å². The van der Waals surface area contributed by atoms with E-state index in [9.17, 15) is 4.21 Å². The molecule has 1 nitrogen and oxygen atoms in total. The monoisotopic (exact) mass is 270 g/mol. The third kappa shape index (κ3) is 2.14. The predicted octanol–water partition coefficient (Wildman–Crippen LogP) is 4.16. The maximum absolute atomic E-state index is 12.7. The normalized spacial score (nSPS) is 15.3. The summed E-state index contributed by atoms with van der Waals surface area (Å²) in [5, 5.41) is 0.0507. The van der Waals surface area contributed by atoms with Crippen molar-refractivity contribution < 1.29 is 4.21 Å². The van der Waals surface area contributed by atoms with E-state index < -0.39 is 10.8 Å². The Bertz CT molecular complexity index is 585. The second-order valence-corrected chi connectivity index (χ2v) is 7.06. The molecule has 0 fully saturated rings. The van der Waals surface area contributed by atoms with Crippen molar-refractivity contribution in [3.05, 3.63) is 59.7 Å². The molecule has 1 aliphatic carbocycles. The van der Waals surface area contributed by atoms with Gasteiger partial charge in [-0.25, -0.2) is 0 Å². The minimum Gasteiger partial charge on any atom is -0.259 e. The van der Waals surface area contributed by atoms with Gasteiger partial charge >= 0.3 is 0 Å². The molecule has 1 aliphatic rings. The lowest BCUT2D eigenvalue weighted by Gasteiger charge is -2.14. The molecule has 19 heavy (non-hydrogen) atoms. The van der Waals surface area contributed by atoms with Crippen molar-refractivity contribution in [3.8, 4) is 11.1 Å². The van der Waals surface area contributed by atoms with Crippen LogP contribution in [0.1, 0.15) is 30.2 Å². The fourth-order valence-corrected chi connectivity index (χ4v) is 4.64. The van der Waals surface area contributed by atoms with E-state index in [2.05, 4.69) is 50.2 Å². The second-order valence-electron chi connectivity index (χ2n) is 5.50. The smallest absolute Gasteiger partial charge is 0.0858 e. The predicted molar refractivity (Wildman–Crippen MR) is 81.6 cm³/mol. The van der Waals surface area contributed by atoms with Gasteiger partial charge in [-0.15, -0.1) is 0 Å². The average Bonchev–Trinajstić information content (AvgIpc) is 2.72. The maximum atomic E-state index is 12.7. The van der Waals surface area contributed by atoms with Crippen LogP contribution in [-0.4, -0.2) is 9.96 Å². The molecule has 0 spiro atoms. The Morgan fingerprint density at radius 1 is 0.947 bits per heavy atom. The van der Waals surface area contributed by atoms with Gasteiger partial charge in [-0.3, -0.25) is 4.21 Å². The molecule has 0 saturated heterocycles. The van der Waals surface area contributed by atoms with Crippen molar-refractivity contribution in [1.82, 2.24) is 0 Å². The minimum absolute atomic E-state index is 0.0507. The molecule has 0 bridgehead atoms. The average molecular weight is 270 g/mol. The molecule has 3 rings (SSSR count). The first-order chi connectivity index (χ1) is 9.18. The van der Waals surface area contributed by atoms with Gasteiger partial charge in [0.2, 0.25) is 0 Å². The third-order valence-corrected chi connectivity index (χ3v) is 5.57. The lowest BCUT2D eigenvalue weighted by atomic mass is 10.1. The molecule has 1 atom stereocenters. The van der Waals surface area contributed by atoms with E-state index in [-0.39, 0.29) is 5.25 Å². The number of rotatable bonds is 3. The van der Waals surface area contributed by atoms with E-state index >= 15 is 0 Å². The first kappa shape index (κ1) is 12.6. The highest BCUT2D eigenvalue weighted by Gasteiger charge is 2.32. The highest BCUT2D eigenvalue weighted by atomic mass is 32.2. The molecule has 2 aromatic carbocycles. The van der Waals surface area contributed by atoms with Crippen LogP contribution in [0.4, 0.5) is 0 Å². The zero-order valence-corrected chi connectivity index (χ0v) is 12.1. The van der Waals surface area contributed by atoms with E-state index in [0.717, 1.165) is 5.75 Å². The molecule has 0 aromatic heterocycles. The zero-order valence-electron chi connectivity index (χ0n) is 11.3. The summed E-state index contributed by atoms with van der Waals surface area (Å²) in [6.45, 7) is 4.26. The molecular formula is C17H18OS. The van der Waals surface area contributed by atoms with Crippen molar-refractivity contribution in [2.45, 2.75) is 19.1 Å². The second kappa shape index (κ2) is 4.93. The van der Waals surface area contributed by atoms with Gasteiger partial charge in [0, 0.05) is 16.6 Å². The Morgan fingerprint density at radius 2 is 1.42 bits per heavy atom. The highest BCUT2D eigenvalue weighted by Crippen LogP contribution is 2.46. The van der Waals surface area contributed by atoms with E-state index in [1.54, 1.807) is 0 Å². The van der Waals surface area contributed by atoms with Crippen molar-refractivity contribution in [1.29, 1.82) is 0 Å². The van der Waals surface area contributed by atoms with E-state index in [0.29, 0.717) is 5.92 Å². The Kier molecular flexibility index (Phi) is 3.28. The molecule has 0 heterocycles. The molecule has 0 N–H and O–H groups in total. The molecule has 0 saturated carbocycles. The summed E-state index contributed by atoms with van der Waals surface area (Å²) in [5.41, 5.74) is 4.95. The molecule has 98 valence electrons. The van der Waals surface area contributed by atoms with Crippen LogP contribution in [0, 0.1) is 5.92 Å². The van der Waals surface area contributed by atoms with Gasteiger partial charge in [0.25, 0.3) is 0 Å². The van der Waals surface area contributed by atoms with Crippen LogP contribution in [0.2, 0.25) is 0 Å². The molecule has 0 radical (unpaired) electrons. The third-order valence-electron chi connectivity index (χ3n) is 3.54. The topological polar surface area (TPSA) is 17.1 Å². The van der Waals surface area contributed by atoms with Crippen LogP contribution in [0.15, 0.2) is 48.5 Å². The van der Waals surface area contributed by atoms with E-state index in [1.165, 1.54) is 22.3 Å². The van der Waals surface area contributed by atoms with Crippen LogP contribution in [-0.2, 0) is 10.8 Å². The summed E-state index contributed by atoms with van der Waals surface area (Å²) in [6.07, 6.45) is 0. The largest absolute Gasteiger partial charge is 0.259 e. The lowest BCUT2D eigenvalue weighted by molar-refractivity contribution is 0.660. The summed E-state index contributed by atoms with van der Waals surface area (Å²) >= 11 is 0. The fraction of sp³-hybridized carbons (Fsp3) is 0.294. The summed E-state index contributed by atoms with van der Waals surface area (Å²) in [6, 6.07) is 16.7. The Morgan fingerprint density at radius 3 is 1.89 bits per heavy atom. The minimum atomic E-state index is -0.848. The van der Waals surface area contributed by atoms with Crippen molar-refractivity contribution >= 4 is 10.8 Å². The van der Waals surface area contributed by atoms with Gasteiger partial charge in [0.05, 0.1) is 5.25 Å². The number of hydrogen-bond donors (Lipinski definition) is 0. The maximum Gasteiger partial charge on any atom is 0.0858 e. The van der Waals surface area contributed by atoms with Gasteiger partial charge in [-0.2, -0.15) is 0 Å². The Balaban J connectivity index is 2.12. The summed E-state index contributed by atoms with van der Waals surface area (Å²) in [5.74, 6) is 1.22. The zero-order chi connectivity index (χ0) is 13.4. The van der Waals surface area contributed by atoms with Crippen LogP contribution >= 0.6 is 0 Å². The molecule has 2 heteroatoms. The first-order valence-corrected chi connectivity index (χ1v) is 8.12. The van der Waals surface area contributed by atoms with Gasteiger partial charge in [-0.05, 0) is 28.2 Å².